The standard InChI is InChI=1S/C30H12N4O2/c31-13-16-11-20-26-19(12-17(14-32)28-27(26)24(16)18-7-1-2-10-23(18)36-28)29-33-21-8-3-5-15-6-4-9-22(25(15)21)34(29)30(20)35/h1-12H. The Morgan fingerprint density at radius 3 is 2.42 bits per heavy atom. The van der Waals surface area contributed by atoms with Crippen LogP contribution in [0.25, 0.3) is 60.1 Å². The molecular formula is C30H12N4O2. The molecule has 0 aliphatic carbocycles. The molecule has 0 fully saturated rings. The zero-order valence-corrected chi connectivity index (χ0v) is 18.5. The number of ether oxygens (including phenoxy) is 1. The predicted octanol–water partition coefficient (Wildman–Crippen LogP) is 6.26. The van der Waals surface area contributed by atoms with Crippen molar-refractivity contribution < 1.29 is 4.74 Å². The highest BCUT2D eigenvalue weighted by atomic mass is 16.5. The largest absolute Gasteiger partial charge is 0.455 e. The average Bonchev–Trinajstić information content (AvgIpc) is 2.92. The maximum atomic E-state index is 14.1. The van der Waals surface area contributed by atoms with Crippen molar-refractivity contribution in [3.63, 3.8) is 0 Å². The number of aromatic nitrogens is 2. The van der Waals surface area contributed by atoms with Gasteiger partial charge in [0.1, 0.15) is 17.5 Å². The molecule has 164 valence electrons. The van der Waals surface area contributed by atoms with Crippen LogP contribution in [-0.2, 0) is 0 Å². The molecule has 0 unspecified atom stereocenters. The van der Waals surface area contributed by atoms with Gasteiger partial charge in [0.25, 0.3) is 5.56 Å². The summed E-state index contributed by atoms with van der Waals surface area (Å²) in [7, 11) is 0. The van der Waals surface area contributed by atoms with E-state index in [1.807, 2.05) is 60.7 Å². The summed E-state index contributed by atoms with van der Waals surface area (Å²) >= 11 is 0. The van der Waals surface area contributed by atoms with Gasteiger partial charge >= 0.3 is 0 Å². The van der Waals surface area contributed by atoms with Crippen molar-refractivity contribution in [3.8, 4) is 34.8 Å². The number of nitriles is 2. The lowest BCUT2D eigenvalue weighted by Crippen LogP contribution is -2.17. The number of fused-ring (bicyclic) bond motifs is 5. The third-order valence-electron chi connectivity index (χ3n) is 7.18. The molecule has 0 radical (unpaired) electrons. The van der Waals surface area contributed by atoms with E-state index in [2.05, 4.69) is 12.1 Å². The summed E-state index contributed by atoms with van der Waals surface area (Å²) in [5.41, 5.74) is 3.82. The first kappa shape index (κ1) is 18.9. The number of pyridine rings is 1. The van der Waals surface area contributed by atoms with Crippen molar-refractivity contribution >= 4 is 49.0 Å². The second-order valence-corrected chi connectivity index (χ2v) is 8.95. The van der Waals surface area contributed by atoms with Crippen molar-refractivity contribution in [2.45, 2.75) is 0 Å². The Morgan fingerprint density at radius 1 is 0.806 bits per heavy atom. The fourth-order valence-electron chi connectivity index (χ4n) is 5.75. The molecule has 6 heteroatoms. The molecule has 36 heavy (non-hydrogen) atoms. The summed E-state index contributed by atoms with van der Waals surface area (Å²) in [5.74, 6) is 0.934. The fourth-order valence-corrected chi connectivity index (χ4v) is 5.75. The smallest absolute Gasteiger partial charge is 0.264 e. The second-order valence-electron chi connectivity index (χ2n) is 8.95. The van der Waals surface area contributed by atoms with Crippen LogP contribution >= 0.6 is 0 Å². The van der Waals surface area contributed by atoms with Crippen molar-refractivity contribution in [2.75, 3.05) is 0 Å². The minimum absolute atomic E-state index is 0.263. The molecule has 0 amide bonds. The third kappa shape index (κ3) is 2.10. The second kappa shape index (κ2) is 6.35. The molecule has 0 spiro atoms. The maximum absolute atomic E-state index is 14.1. The van der Waals surface area contributed by atoms with Crippen LogP contribution in [0.4, 0.5) is 0 Å². The molecule has 0 N–H and O–H groups in total. The van der Waals surface area contributed by atoms with Crippen LogP contribution in [0.1, 0.15) is 11.1 Å². The first-order valence-electron chi connectivity index (χ1n) is 11.4. The number of para-hydroxylation sites is 1. The van der Waals surface area contributed by atoms with E-state index in [-0.39, 0.29) is 5.56 Å². The normalized spacial score (nSPS) is 12.2. The average molecular weight is 460 g/mol. The van der Waals surface area contributed by atoms with Gasteiger partial charge in [-0.3, -0.25) is 9.20 Å². The van der Waals surface area contributed by atoms with Gasteiger partial charge < -0.3 is 4.74 Å². The minimum Gasteiger partial charge on any atom is -0.455 e. The van der Waals surface area contributed by atoms with Crippen LogP contribution in [0.5, 0.6) is 11.5 Å². The van der Waals surface area contributed by atoms with Gasteiger partial charge in [-0.25, -0.2) is 4.98 Å². The lowest BCUT2D eigenvalue weighted by molar-refractivity contribution is 0.485. The van der Waals surface area contributed by atoms with Crippen LogP contribution in [0.3, 0.4) is 0 Å². The summed E-state index contributed by atoms with van der Waals surface area (Å²) in [6.07, 6.45) is 0. The molecule has 1 aliphatic heterocycles. The van der Waals surface area contributed by atoms with Gasteiger partial charge in [0.15, 0.2) is 5.75 Å². The molecule has 5 aromatic carbocycles. The first-order chi connectivity index (χ1) is 17.7. The van der Waals surface area contributed by atoms with Crippen LogP contribution < -0.4 is 10.3 Å². The number of hydrogen-bond donors (Lipinski definition) is 0. The first-order valence-corrected chi connectivity index (χ1v) is 11.4. The highest BCUT2D eigenvalue weighted by Gasteiger charge is 2.29. The molecule has 0 saturated heterocycles. The molecule has 3 heterocycles. The van der Waals surface area contributed by atoms with Crippen molar-refractivity contribution in [1.82, 2.24) is 9.38 Å². The van der Waals surface area contributed by atoms with E-state index in [1.54, 1.807) is 16.5 Å². The summed E-state index contributed by atoms with van der Waals surface area (Å²) in [5, 5.41) is 24.5. The van der Waals surface area contributed by atoms with Crippen molar-refractivity contribution in [2.24, 2.45) is 0 Å². The Kier molecular flexibility index (Phi) is 3.34. The number of rotatable bonds is 0. The summed E-state index contributed by atoms with van der Waals surface area (Å²) in [6.45, 7) is 0. The van der Waals surface area contributed by atoms with E-state index in [1.165, 1.54) is 0 Å². The summed E-state index contributed by atoms with van der Waals surface area (Å²) < 4.78 is 7.83. The SMILES string of the molecule is N#Cc1cc2c3c4c1Oc1ccccc1-c4c(C#N)cc3c(=O)n1c3cccc4cccc(nc21)c43. The van der Waals surface area contributed by atoms with E-state index in [0.29, 0.717) is 55.4 Å². The number of benzene rings is 5. The third-order valence-corrected chi connectivity index (χ3v) is 7.18. The summed E-state index contributed by atoms with van der Waals surface area (Å²) in [6, 6.07) is 27.1. The van der Waals surface area contributed by atoms with E-state index in [0.717, 1.165) is 27.4 Å². The quantitative estimate of drug-likeness (QED) is 0.197. The zero-order valence-electron chi connectivity index (χ0n) is 18.5. The van der Waals surface area contributed by atoms with E-state index < -0.39 is 0 Å². The Hall–Kier alpha value is -5.46. The molecule has 0 saturated carbocycles. The molecule has 0 bridgehead atoms. The Bertz CT molecular complexity index is 2280. The number of hydrogen-bond acceptors (Lipinski definition) is 5. The molecule has 2 aromatic heterocycles. The molecular weight excluding hydrogens is 448 g/mol. The fraction of sp³-hybridized carbons (Fsp3) is 0. The van der Waals surface area contributed by atoms with Gasteiger partial charge in [0, 0.05) is 32.7 Å². The predicted molar refractivity (Wildman–Crippen MR) is 138 cm³/mol. The van der Waals surface area contributed by atoms with Crippen molar-refractivity contribution in [1.29, 1.82) is 10.5 Å². The lowest BCUT2D eigenvalue weighted by atomic mass is 9.86. The van der Waals surface area contributed by atoms with Crippen LogP contribution in [0, 0.1) is 22.7 Å². The maximum Gasteiger partial charge on any atom is 0.264 e. The minimum atomic E-state index is -0.263. The molecule has 1 aliphatic rings. The molecule has 8 rings (SSSR count). The monoisotopic (exact) mass is 460 g/mol. The highest BCUT2D eigenvalue weighted by Crippen LogP contribution is 2.51. The van der Waals surface area contributed by atoms with Crippen LogP contribution in [0.2, 0.25) is 0 Å². The topological polar surface area (TPSA) is 91.2 Å². The van der Waals surface area contributed by atoms with Gasteiger partial charge in [-0.2, -0.15) is 10.5 Å². The van der Waals surface area contributed by atoms with Gasteiger partial charge in [-0.1, -0.05) is 42.5 Å². The Labute approximate surface area is 202 Å². The van der Waals surface area contributed by atoms with Gasteiger partial charge in [-0.05, 0) is 35.7 Å². The number of nitrogens with zero attached hydrogens (tertiary/aromatic N) is 4. The summed E-state index contributed by atoms with van der Waals surface area (Å²) in [4.78, 5) is 19.0. The van der Waals surface area contributed by atoms with Gasteiger partial charge in [0.05, 0.1) is 33.6 Å². The molecule has 0 atom stereocenters. The van der Waals surface area contributed by atoms with E-state index >= 15 is 0 Å². The van der Waals surface area contributed by atoms with E-state index in [4.69, 9.17) is 9.72 Å². The zero-order chi connectivity index (χ0) is 24.1. The highest BCUT2D eigenvalue weighted by molar-refractivity contribution is 6.24. The van der Waals surface area contributed by atoms with Gasteiger partial charge in [0.2, 0.25) is 0 Å². The van der Waals surface area contributed by atoms with Crippen LogP contribution in [-0.4, -0.2) is 9.38 Å². The molecule has 6 nitrogen and oxygen atoms in total. The van der Waals surface area contributed by atoms with Gasteiger partial charge in [-0.15, -0.1) is 0 Å². The molecule has 7 aromatic rings. The van der Waals surface area contributed by atoms with Crippen molar-refractivity contribution in [3.05, 3.63) is 94.3 Å². The Balaban J connectivity index is 1.74. The Morgan fingerprint density at radius 2 is 1.58 bits per heavy atom. The lowest BCUT2D eigenvalue weighted by Gasteiger charge is -2.25. The van der Waals surface area contributed by atoms with E-state index in [9.17, 15) is 15.3 Å². The van der Waals surface area contributed by atoms with Crippen LogP contribution in [0.15, 0.2) is 77.6 Å².